The number of carbonyl (C=O) groups excluding carboxylic acids is 5. The number of rotatable bonds is 7. The van der Waals surface area contributed by atoms with Crippen molar-refractivity contribution in [1.29, 1.82) is 0 Å². The number of hydrogen-bond donors (Lipinski definition) is 0. The van der Waals surface area contributed by atoms with Crippen molar-refractivity contribution in [2.75, 3.05) is 39.3 Å². The molecule has 37 heavy (non-hydrogen) atoms. The Hall–Kier alpha value is -4.21. The molecule has 4 amide bonds. The molecule has 1 saturated heterocycles. The van der Waals surface area contributed by atoms with Crippen LogP contribution in [0.2, 0.25) is 0 Å². The van der Waals surface area contributed by atoms with Crippen LogP contribution in [0.25, 0.3) is 0 Å². The predicted octanol–water partition coefficient (Wildman–Crippen LogP) is 2.97. The Morgan fingerprint density at radius 2 is 1.46 bits per heavy atom. The summed E-state index contributed by atoms with van der Waals surface area (Å²) in [6.45, 7) is 3.91. The smallest absolute Gasteiger partial charge is 0.434 e. The maximum Gasteiger partial charge on any atom is 0.513 e. The van der Waals surface area contributed by atoms with E-state index in [0.717, 1.165) is 0 Å². The van der Waals surface area contributed by atoms with Crippen molar-refractivity contribution in [2.45, 2.75) is 26.2 Å². The van der Waals surface area contributed by atoms with Crippen LogP contribution >= 0.6 is 0 Å². The topological polar surface area (TPSA) is 114 Å². The van der Waals surface area contributed by atoms with Gasteiger partial charge in [-0.3, -0.25) is 24.1 Å². The minimum Gasteiger partial charge on any atom is -0.434 e. The zero-order chi connectivity index (χ0) is 26.4. The van der Waals surface area contributed by atoms with E-state index in [1.54, 1.807) is 53.1 Å². The van der Waals surface area contributed by atoms with E-state index >= 15 is 0 Å². The van der Waals surface area contributed by atoms with Crippen LogP contribution < -0.4 is 4.74 Å². The maximum atomic E-state index is 13.0. The number of imide groups is 1. The average molecular weight is 508 g/mol. The first kappa shape index (κ1) is 25.9. The molecule has 0 saturated carbocycles. The second-order valence-electron chi connectivity index (χ2n) is 8.75. The molecule has 2 aliphatic heterocycles. The summed E-state index contributed by atoms with van der Waals surface area (Å²) in [4.78, 5) is 66.8. The summed E-state index contributed by atoms with van der Waals surface area (Å²) in [5.41, 5.74) is 1.26. The quantitative estimate of drug-likeness (QED) is 0.322. The van der Waals surface area contributed by atoms with Gasteiger partial charge in [0.2, 0.25) is 5.91 Å². The molecule has 1 fully saturated rings. The van der Waals surface area contributed by atoms with Crippen molar-refractivity contribution in [2.24, 2.45) is 0 Å². The summed E-state index contributed by atoms with van der Waals surface area (Å²) < 4.78 is 9.75. The predicted molar refractivity (Wildman–Crippen MR) is 132 cm³/mol. The summed E-state index contributed by atoms with van der Waals surface area (Å²) in [6, 6.07) is 13.0. The fourth-order valence-corrected chi connectivity index (χ4v) is 4.45. The third-order valence-electron chi connectivity index (χ3n) is 6.35. The molecule has 2 aromatic rings. The van der Waals surface area contributed by atoms with Crippen molar-refractivity contribution in [3.05, 3.63) is 65.2 Å². The molecule has 0 spiro atoms. The Morgan fingerprint density at radius 1 is 0.838 bits per heavy atom. The molecule has 0 radical (unpaired) electrons. The van der Waals surface area contributed by atoms with Crippen molar-refractivity contribution in [3.63, 3.8) is 0 Å². The summed E-state index contributed by atoms with van der Waals surface area (Å²) in [7, 11) is 0. The maximum absolute atomic E-state index is 13.0. The third kappa shape index (κ3) is 5.96. The second kappa shape index (κ2) is 11.7. The highest BCUT2D eigenvalue weighted by Crippen LogP contribution is 2.23. The van der Waals surface area contributed by atoms with E-state index in [2.05, 4.69) is 0 Å². The first-order valence-electron chi connectivity index (χ1n) is 12.4. The van der Waals surface area contributed by atoms with E-state index in [9.17, 15) is 24.0 Å². The van der Waals surface area contributed by atoms with E-state index in [4.69, 9.17) is 9.47 Å². The van der Waals surface area contributed by atoms with E-state index in [1.165, 1.54) is 17.0 Å². The van der Waals surface area contributed by atoms with Gasteiger partial charge in [-0.15, -0.1) is 0 Å². The number of carbonyl (C=O) groups is 5. The lowest BCUT2D eigenvalue weighted by atomic mass is 10.1. The lowest BCUT2D eigenvalue weighted by Crippen LogP contribution is -2.37. The van der Waals surface area contributed by atoms with Crippen molar-refractivity contribution in [1.82, 2.24) is 14.7 Å². The molecular formula is C27H29N3O7. The van der Waals surface area contributed by atoms with Crippen LogP contribution in [0.15, 0.2) is 48.5 Å². The number of fused-ring (bicyclic) bond motifs is 1. The van der Waals surface area contributed by atoms with Gasteiger partial charge in [-0.05, 0) is 56.2 Å². The van der Waals surface area contributed by atoms with Crippen LogP contribution in [-0.2, 0) is 9.53 Å². The molecule has 0 atom stereocenters. The zero-order valence-electron chi connectivity index (χ0n) is 20.7. The Kier molecular flexibility index (Phi) is 8.17. The van der Waals surface area contributed by atoms with Gasteiger partial charge in [0.1, 0.15) is 5.75 Å². The minimum absolute atomic E-state index is 0.0635. The average Bonchev–Trinajstić information content (AvgIpc) is 3.06. The largest absolute Gasteiger partial charge is 0.513 e. The number of ether oxygens (including phenoxy) is 2. The van der Waals surface area contributed by atoms with Gasteiger partial charge < -0.3 is 19.3 Å². The van der Waals surface area contributed by atoms with Gasteiger partial charge in [0.05, 0.1) is 17.7 Å². The summed E-state index contributed by atoms with van der Waals surface area (Å²) >= 11 is 0. The van der Waals surface area contributed by atoms with E-state index in [1.807, 2.05) is 0 Å². The van der Waals surface area contributed by atoms with Gasteiger partial charge in [-0.2, -0.15) is 0 Å². The lowest BCUT2D eigenvalue weighted by Gasteiger charge is -2.23. The summed E-state index contributed by atoms with van der Waals surface area (Å²) in [5, 5.41) is 0. The minimum atomic E-state index is -0.803. The Morgan fingerprint density at radius 3 is 2.11 bits per heavy atom. The van der Waals surface area contributed by atoms with Gasteiger partial charge >= 0.3 is 6.16 Å². The van der Waals surface area contributed by atoms with Crippen LogP contribution in [0, 0.1) is 0 Å². The Labute approximate surface area is 214 Å². The van der Waals surface area contributed by atoms with Gasteiger partial charge in [0.25, 0.3) is 17.7 Å². The standard InChI is InChI=1S/C27H29N3O7/c1-2-36-27(35)37-20-12-10-19(11-13-20)24(32)29-15-6-14-28(17-18-29)23(31)9-5-16-30-25(33)21-7-3-4-8-22(21)26(30)34/h3-4,7-8,10-13H,2,5-6,9,14-18H2,1H3. The first-order valence-corrected chi connectivity index (χ1v) is 12.4. The molecule has 10 nitrogen and oxygen atoms in total. The van der Waals surface area contributed by atoms with Gasteiger partial charge in [0, 0.05) is 44.7 Å². The fourth-order valence-electron chi connectivity index (χ4n) is 4.45. The molecule has 0 N–H and O–H groups in total. The van der Waals surface area contributed by atoms with Crippen LogP contribution in [0.1, 0.15) is 57.3 Å². The highest BCUT2D eigenvalue weighted by atomic mass is 16.7. The number of amides is 4. The number of benzene rings is 2. The Bertz CT molecular complexity index is 1160. The van der Waals surface area contributed by atoms with Crippen LogP contribution in [0.4, 0.5) is 4.79 Å². The SMILES string of the molecule is CCOC(=O)Oc1ccc(C(=O)N2CCCN(C(=O)CCCN3C(=O)c4ccccc4C3=O)CC2)cc1. The van der Waals surface area contributed by atoms with Gasteiger partial charge in [0.15, 0.2) is 0 Å². The zero-order valence-corrected chi connectivity index (χ0v) is 20.7. The normalized spacial score (nSPS) is 15.3. The molecule has 2 heterocycles. The summed E-state index contributed by atoms with van der Waals surface area (Å²) in [6.07, 6.45) is 0.426. The molecule has 0 bridgehead atoms. The van der Waals surface area contributed by atoms with Crippen molar-refractivity contribution >= 4 is 29.8 Å². The van der Waals surface area contributed by atoms with Crippen LogP contribution in [-0.4, -0.2) is 83.8 Å². The van der Waals surface area contributed by atoms with Gasteiger partial charge in [-0.1, -0.05) is 12.1 Å². The van der Waals surface area contributed by atoms with Crippen LogP contribution in [0.5, 0.6) is 5.75 Å². The van der Waals surface area contributed by atoms with Crippen molar-refractivity contribution in [3.8, 4) is 5.75 Å². The Balaban J connectivity index is 1.24. The monoisotopic (exact) mass is 507 g/mol. The second-order valence-corrected chi connectivity index (χ2v) is 8.75. The molecule has 0 unspecified atom stereocenters. The first-order chi connectivity index (χ1) is 17.9. The van der Waals surface area contributed by atoms with E-state index in [0.29, 0.717) is 55.7 Å². The van der Waals surface area contributed by atoms with E-state index < -0.39 is 6.16 Å². The molecule has 194 valence electrons. The molecule has 2 aromatic carbocycles. The van der Waals surface area contributed by atoms with Crippen LogP contribution in [0.3, 0.4) is 0 Å². The van der Waals surface area contributed by atoms with Crippen molar-refractivity contribution < 1.29 is 33.4 Å². The lowest BCUT2D eigenvalue weighted by molar-refractivity contribution is -0.131. The molecule has 0 aromatic heterocycles. The highest BCUT2D eigenvalue weighted by molar-refractivity contribution is 6.21. The number of hydrogen-bond acceptors (Lipinski definition) is 7. The molecule has 4 rings (SSSR count). The third-order valence-corrected chi connectivity index (χ3v) is 6.35. The summed E-state index contributed by atoms with van der Waals surface area (Å²) in [5.74, 6) is -0.590. The molecular weight excluding hydrogens is 478 g/mol. The molecule has 0 aliphatic carbocycles. The number of nitrogens with zero attached hydrogens (tertiary/aromatic N) is 3. The molecule has 2 aliphatic rings. The molecule has 10 heteroatoms. The van der Waals surface area contributed by atoms with E-state index in [-0.39, 0.29) is 49.0 Å². The van der Waals surface area contributed by atoms with Gasteiger partial charge in [-0.25, -0.2) is 4.79 Å². The highest BCUT2D eigenvalue weighted by Gasteiger charge is 2.34. The fraction of sp³-hybridized carbons (Fsp3) is 0.370.